The highest BCUT2D eigenvalue weighted by Gasteiger charge is 2.39. The number of benzene rings is 2. The molecule has 0 aromatic heterocycles. The predicted molar refractivity (Wildman–Crippen MR) is 144 cm³/mol. The summed E-state index contributed by atoms with van der Waals surface area (Å²) in [6.45, 7) is 5.82. The highest BCUT2D eigenvalue weighted by molar-refractivity contribution is 5.95. The van der Waals surface area contributed by atoms with Crippen LogP contribution < -0.4 is 10.1 Å². The minimum atomic E-state index is -4.52. The molecule has 9 nitrogen and oxygen atoms in total. The Labute approximate surface area is 236 Å². The van der Waals surface area contributed by atoms with E-state index in [2.05, 4.69) is 5.32 Å². The van der Waals surface area contributed by atoms with E-state index < -0.39 is 29.8 Å². The fraction of sp³-hybridized carbons (Fsp3) is 0.414. The van der Waals surface area contributed by atoms with Crippen LogP contribution in [-0.4, -0.2) is 85.6 Å². The van der Waals surface area contributed by atoms with Gasteiger partial charge in [0.1, 0.15) is 5.75 Å². The molecule has 0 saturated carbocycles. The first-order chi connectivity index (χ1) is 19.6. The van der Waals surface area contributed by atoms with Crippen molar-refractivity contribution in [1.82, 2.24) is 20.0 Å². The van der Waals surface area contributed by atoms with E-state index in [1.165, 1.54) is 24.1 Å². The zero-order valence-electron chi connectivity index (χ0n) is 23.2. The lowest BCUT2D eigenvalue weighted by atomic mass is 9.93. The second-order valence-electron chi connectivity index (χ2n) is 9.63. The minimum absolute atomic E-state index is 0.0838. The first-order valence-electron chi connectivity index (χ1n) is 13.4. The lowest BCUT2D eigenvalue weighted by molar-refractivity contribution is -0.139. The highest BCUT2D eigenvalue weighted by Crippen LogP contribution is 2.35. The van der Waals surface area contributed by atoms with Gasteiger partial charge in [-0.15, -0.1) is 0 Å². The van der Waals surface area contributed by atoms with Crippen molar-refractivity contribution in [1.29, 1.82) is 0 Å². The standard InChI is InChI=1S/C29H33F3N4O5/c1-4-36-23(18-34-13-15-35(16-14-34)26(37)20-7-6-8-22(17-20)40-3)24(27(38)41-5-2)25(33-28(36)39)19-9-11-21(12-10-19)29(30,31)32/h6-12,17,25H,4-5,13-16,18H2,1-3H3,(H,33,39)/t25-/m0/s1. The average molecular weight is 575 g/mol. The van der Waals surface area contributed by atoms with Crippen LogP contribution in [0.15, 0.2) is 59.8 Å². The van der Waals surface area contributed by atoms with E-state index in [9.17, 15) is 27.6 Å². The third kappa shape index (κ3) is 6.64. The molecular formula is C29H33F3N4O5. The molecule has 41 heavy (non-hydrogen) atoms. The number of nitrogens with one attached hydrogen (secondary N) is 1. The summed E-state index contributed by atoms with van der Waals surface area (Å²) >= 11 is 0. The fourth-order valence-corrected chi connectivity index (χ4v) is 5.03. The summed E-state index contributed by atoms with van der Waals surface area (Å²) in [5.74, 6) is -0.187. The second kappa shape index (κ2) is 12.6. The van der Waals surface area contributed by atoms with Crippen LogP contribution in [0, 0.1) is 0 Å². The molecule has 220 valence electrons. The molecule has 0 spiro atoms. The van der Waals surface area contributed by atoms with E-state index in [1.54, 1.807) is 43.0 Å². The molecule has 3 amide bonds. The van der Waals surface area contributed by atoms with Gasteiger partial charge in [0.05, 0.1) is 30.9 Å². The van der Waals surface area contributed by atoms with Crippen LogP contribution in [-0.2, 0) is 15.7 Å². The Morgan fingerprint density at radius 3 is 2.29 bits per heavy atom. The second-order valence-corrected chi connectivity index (χ2v) is 9.63. The molecule has 0 bridgehead atoms. The van der Waals surface area contributed by atoms with Crippen molar-refractivity contribution in [2.45, 2.75) is 26.1 Å². The number of hydrogen-bond acceptors (Lipinski definition) is 6. The number of piperazine rings is 1. The Morgan fingerprint density at radius 2 is 1.71 bits per heavy atom. The molecule has 1 atom stereocenters. The molecule has 2 aliphatic rings. The van der Waals surface area contributed by atoms with Gasteiger partial charge in [0.25, 0.3) is 5.91 Å². The summed E-state index contributed by atoms with van der Waals surface area (Å²) in [5.41, 5.74) is 0.610. The highest BCUT2D eigenvalue weighted by atomic mass is 19.4. The molecule has 4 rings (SSSR count). The van der Waals surface area contributed by atoms with Crippen molar-refractivity contribution in [2.24, 2.45) is 0 Å². The van der Waals surface area contributed by atoms with Gasteiger partial charge >= 0.3 is 18.2 Å². The molecule has 0 unspecified atom stereocenters. The summed E-state index contributed by atoms with van der Waals surface area (Å²) in [6, 6.07) is 9.85. The third-order valence-corrected chi connectivity index (χ3v) is 7.17. The van der Waals surface area contributed by atoms with E-state index in [0.717, 1.165) is 12.1 Å². The molecule has 2 heterocycles. The maximum absolute atomic E-state index is 13.3. The van der Waals surface area contributed by atoms with Crippen LogP contribution >= 0.6 is 0 Å². The van der Waals surface area contributed by atoms with E-state index in [0.29, 0.717) is 48.8 Å². The quantitative estimate of drug-likeness (QED) is 0.478. The van der Waals surface area contributed by atoms with Gasteiger partial charge < -0.3 is 19.7 Å². The number of ether oxygens (including phenoxy) is 2. The molecule has 0 aliphatic carbocycles. The number of methoxy groups -OCH3 is 1. The monoisotopic (exact) mass is 574 g/mol. The van der Waals surface area contributed by atoms with Gasteiger partial charge in [-0.25, -0.2) is 9.59 Å². The Bertz CT molecular complexity index is 1300. The number of alkyl halides is 3. The number of carbonyl (C=O) groups is 3. The van der Waals surface area contributed by atoms with Crippen LogP contribution in [0.2, 0.25) is 0 Å². The van der Waals surface area contributed by atoms with Crippen molar-refractivity contribution in [3.05, 3.63) is 76.5 Å². The normalized spacial score (nSPS) is 18.3. The van der Waals surface area contributed by atoms with Gasteiger partial charge in [0.2, 0.25) is 0 Å². The Balaban J connectivity index is 1.60. The van der Waals surface area contributed by atoms with Crippen molar-refractivity contribution >= 4 is 17.9 Å². The van der Waals surface area contributed by atoms with Gasteiger partial charge in [0, 0.05) is 50.5 Å². The molecule has 1 fully saturated rings. The van der Waals surface area contributed by atoms with Gasteiger partial charge in [-0.1, -0.05) is 18.2 Å². The third-order valence-electron chi connectivity index (χ3n) is 7.17. The van der Waals surface area contributed by atoms with Gasteiger partial charge in [-0.2, -0.15) is 13.2 Å². The van der Waals surface area contributed by atoms with Crippen molar-refractivity contribution < 1.29 is 37.0 Å². The van der Waals surface area contributed by atoms with Gasteiger partial charge in [-0.05, 0) is 49.7 Å². The van der Waals surface area contributed by atoms with Crippen LogP contribution in [0.4, 0.5) is 18.0 Å². The number of hydrogen-bond donors (Lipinski definition) is 1. The molecular weight excluding hydrogens is 541 g/mol. The molecule has 1 N–H and O–H groups in total. The van der Waals surface area contributed by atoms with E-state index >= 15 is 0 Å². The fourth-order valence-electron chi connectivity index (χ4n) is 5.03. The molecule has 1 saturated heterocycles. The maximum atomic E-state index is 13.3. The number of halogens is 3. The number of carbonyl (C=O) groups excluding carboxylic acids is 3. The largest absolute Gasteiger partial charge is 0.497 e. The SMILES string of the molecule is CCOC(=O)C1=C(CN2CCN(C(=O)c3cccc(OC)c3)CC2)N(CC)C(=O)N[C@H]1c1ccc(C(F)(F)F)cc1. The number of esters is 1. The number of rotatable bonds is 8. The molecule has 0 radical (unpaired) electrons. The van der Waals surface area contributed by atoms with Gasteiger partial charge in [0.15, 0.2) is 0 Å². The number of likely N-dealkylation sites (N-methyl/N-ethyl adjacent to an activating group) is 1. The van der Waals surface area contributed by atoms with E-state index in [-0.39, 0.29) is 31.2 Å². The smallest absolute Gasteiger partial charge is 0.416 e. The summed E-state index contributed by atoms with van der Waals surface area (Å²) in [6.07, 6.45) is -4.52. The minimum Gasteiger partial charge on any atom is -0.497 e. The number of amides is 3. The topological polar surface area (TPSA) is 91.4 Å². The molecule has 12 heteroatoms. The summed E-state index contributed by atoms with van der Waals surface area (Å²) in [5, 5.41) is 2.76. The molecule has 2 aliphatic heterocycles. The Kier molecular flexibility index (Phi) is 9.21. The zero-order chi connectivity index (χ0) is 29.7. The lowest BCUT2D eigenvalue weighted by Gasteiger charge is -2.40. The summed E-state index contributed by atoms with van der Waals surface area (Å²) in [7, 11) is 1.54. The van der Waals surface area contributed by atoms with Crippen LogP contribution in [0.3, 0.4) is 0 Å². The van der Waals surface area contributed by atoms with Crippen LogP contribution in [0.1, 0.15) is 41.4 Å². The molecule has 2 aromatic carbocycles. The van der Waals surface area contributed by atoms with Crippen molar-refractivity contribution in [3.8, 4) is 5.75 Å². The average Bonchev–Trinajstić information content (AvgIpc) is 2.96. The van der Waals surface area contributed by atoms with Crippen molar-refractivity contribution in [2.75, 3.05) is 53.0 Å². The number of urea groups is 1. The van der Waals surface area contributed by atoms with Gasteiger partial charge in [-0.3, -0.25) is 14.6 Å². The predicted octanol–water partition coefficient (Wildman–Crippen LogP) is 4.08. The summed E-state index contributed by atoms with van der Waals surface area (Å²) in [4.78, 5) is 44.7. The van der Waals surface area contributed by atoms with Crippen molar-refractivity contribution in [3.63, 3.8) is 0 Å². The summed E-state index contributed by atoms with van der Waals surface area (Å²) < 4.78 is 50.0. The first-order valence-corrected chi connectivity index (χ1v) is 13.4. The Hall–Kier alpha value is -4.06. The lowest BCUT2D eigenvalue weighted by Crippen LogP contribution is -2.53. The van der Waals surface area contributed by atoms with Crippen LogP contribution in [0.5, 0.6) is 5.75 Å². The zero-order valence-corrected chi connectivity index (χ0v) is 23.2. The van der Waals surface area contributed by atoms with E-state index in [1.807, 2.05) is 4.90 Å². The van der Waals surface area contributed by atoms with E-state index in [4.69, 9.17) is 9.47 Å². The Morgan fingerprint density at radius 1 is 1.02 bits per heavy atom. The molecule has 2 aromatic rings. The maximum Gasteiger partial charge on any atom is 0.416 e. The van der Waals surface area contributed by atoms with Crippen LogP contribution in [0.25, 0.3) is 0 Å². The number of nitrogens with zero attached hydrogens (tertiary/aromatic N) is 3. The first kappa shape index (κ1) is 29.9.